The lowest BCUT2D eigenvalue weighted by atomic mass is 10.1. The molecular formula is C23H27ClN2O5. The number of carbonyl (C=O) groups excluding carboxylic acids is 3. The third-order valence-corrected chi connectivity index (χ3v) is 4.74. The van der Waals surface area contributed by atoms with Crippen LogP contribution in [0.25, 0.3) is 0 Å². The van der Waals surface area contributed by atoms with Crippen LogP contribution in [0.3, 0.4) is 0 Å². The Morgan fingerprint density at radius 1 is 0.968 bits per heavy atom. The largest absolute Gasteiger partial charge is 0.479 e. The molecule has 1 atom stereocenters. The minimum Gasteiger partial charge on any atom is -0.479 e. The van der Waals surface area contributed by atoms with Crippen LogP contribution in [0.2, 0.25) is 5.02 Å². The topological polar surface area (TPSA) is 93.7 Å². The van der Waals surface area contributed by atoms with Crippen molar-refractivity contribution in [3.8, 4) is 5.75 Å². The Morgan fingerprint density at radius 3 is 2.23 bits per heavy atom. The van der Waals surface area contributed by atoms with E-state index in [2.05, 4.69) is 10.6 Å². The van der Waals surface area contributed by atoms with Crippen molar-refractivity contribution in [3.05, 3.63) is 57.6 Å². The highest BCUT2D eigenvalue weighted by Crippen LogP contribution is 2.23. The van der Waals surface area contributed by atoms with Crippen molar-refractivity contribution in [2.24, 2.45) is 0 Å². The van der Waals surface area contributed by atoms with Gasteiger partial charge >= 0.3 is 5.97 Å². The number of nitrogens with one attached hydrogen (secondary N) is 2. The van der Waals surface area contributed by atoms with Crippen LogP contribution in [0.1, 0.15) is 29.2 Å². The second-order valence-corrected chi connectivity index (χ2v) is 7.81. The smallest absolute Gasteiger partial charge is 0.347 e. The molecule has 0 aliphatic rings. The lowest BCUT2D eigenvalue weighted by molar-refractivity contribution is -0.154. The van der Waals surface area contributed by atoms with E-state index in [-0.39, 0.29) is 12.5 Å². The van der Waals surface area contributed by atoms with E-state index >= 15 is 0 Å². The molecule has 0 spiro atoms. The number of esters is 1. The summed E-state index contributed by atoms with van der Waals surface area (Å²) in [7, 11) is 0. The van der Waals surface area contributed by atoms with Gasteiger partial charge in [0.1, 0.15) is 5.75 Å². The van der Waals surface area contributed by atoms with Crippen LogP contribution in [-0.2, 0) is 19.1 Å². The summed E-state index contributed by atoms with van der Waals surface area (Å²) >= 11 is 5.90. The summed E-state index contributed by atoms with van der Waals surface area (Å²) in [5.41, 5.74) is 4.48. The highest BCUT2D eigenvalue weighted by Gasteiger charge is 2.19. The van der Waals surface area contributed by atoms with Gasteiger partial charge in [0.25, 0.3) is 5.91 Å². The fourth-order valence-electron chi connectivity index (χ4n) is 3.03. The van der Waals surface area contributed by atoms with Gasteiger partial charge in [-0.25, -0.2) is 4.79 Å². The van der Waals surface area contributed by atoms with Gasteiger partial charge in [-0.3, -0.25) is 9.59 Å². The Labute approximate surface area is 187 Å². The van der Waals surface area contributed by atoms with Crippen molar-refractivity contribution in [2.75, 3.05) is 18.5 Å². The van der Waals surface area contributed by atoms with Crippen molar-refractivity contribution >= 4 is 35.1 Å². The van der Waals surface area contributed by atoms with Gasteiger partial charge in [0.15, 0.2) is 12.7 Å². The van der Waals surface area contributed by atoms with Crippen LogP contribution < -0.4 is 15.4 Å². The van der Waals surface area contributed by atoms with Crippen LogP contribution in [0, 0.1) is 27.7 Å². The van der Waals surface area contributed by atoms with Crippen molar-refractivity contribution in [1.82, 2.24) is 5.32 Å². The Hall–Kier alpha value is -3.06. The van der Waals surface area contributed by atoms with E-state index in [1.54, 1.807) is 25.1 Å². The van der Waals surface area contributed by atoms with Crippen LogP contribution in [0.5, 0.6) is 5.75 Å². The first-order valence-corrected chi connectivity index (χ1v) is 10.2. The number of rotatable bonds is 8. The van der Waals surface area contributed by atoms with E-state index in [1.165, 1.54) is 6.92 Å². The lowest BCUT2D eigenvalue weighted by Crippen LogP contribution is -2.37. The Morgan fingerprint density at radius 2 is 1.61 bits per heavy atom. The third kappa shape index (κ3) is 7.29. The predicted molar refractivity (Wildman–Crippen MR) is 120 cm³/mol. The number of carbonyl (C=O) groups is 3. The summed E-state index contributed by atoms with van der Waals surface area (Å²) in [6, 6.07) is 8.96. The van der Waals surface area contributed by atoms with Crippen LogP contribution in [-0.4, -0.2) is 37.0 Å². The first kappa shape index (κ1) is 24.2. The second-order valence-electron chi connectivity index (χ2n) is 7.38. The molecule has 1 unspecified atom stereocenters. The number of aryl methyl sites for hydroxylation is 4. The molecular weight excluding hydrogens is 420 g/mol. The normalized spacial score (nSPS) is 11.4. The van der Waals surface area contributed by atoms with Gasteiger partial charge in [0.05, 0.1) is 6.54 Å². The number of hydrogen-bond donors (Lipinski definition) is 2. The Kier molecular flexibility index (Phi) is 8.45. The molecule has 0 aliphatic carbocycles. The zero-order chi connectivity index (χ0) is 23.1. The summed E-state index contributed by atoms with van der Waals surface area (Å²) in [5, 5.41) is 5.78. The highest BCUT2D eigenvalue weighted by molar-refractivity contribution is 6.30. The van der Waals surface area contributed by atoms with E-state index in [4.69, 9.17) is 21.1 Å². The number of ether oxygens (including phenoxy) is 2. The maximum absolute atomic E-state index is 12.1. The molecule has 0 radical (unpaired) electrons. The standard InChI is InChI=1S/C23H27ClN2O5/c1-13-8-15(3)22(16(4)9-13)26-20(27)11-25-21(28)12-30-23(29)17(5)31-19-7-6-18(24)10-14(19)2/h6-10,17H,11-12H2,1-5H3,(H,25,28)(H,26,27). The molecule has 2 aromatic carbocycles. The number of benzene rings is 2. The molecule has 2 N–H and O–H groups in total. The van der Waals surface area contributed by atoms with Crippen LogP contribution in [0.15, 0.2) is 30.3 Å². The maximum Gasteiger partial charge on any atom is 0.347 e. The van der Waals surface area contributed by atoms with Gasteiger partial charge < -0.3 is 20.1 Å². The molecule has 8 heteroatoms. The molecule has 0 aromatic heterocycles. The Balaban J connectivity index is 1.77. The lowest BCUT2D eigenvalue weighted by Gasteiger charge is -2.16. The molecule has 0 saturated heterocycles. The van der Waals surface area contributed by atoms with Crippen LogP contribution in [0.4, 0.5) is 5.69 Å². The van der Waals surface area contributed by atoms with Gasteiger partial charge in [-0.05, 0) is 69.5 Å². The average molecular weight is 447 g/mol. The van der Waals surface area contributed by atoms with Gasteiger partial charge in [-0.2, -0.15) is 0 Å². The molecule has 0 heterocycles. The minimum absolute atomic E-state index is 0.237. The van der Waals surface area contributed by atoms with Crippen molar-refractivity contribution in [3.63, 3.8) is 0 Å². The molecule has 2 rings (SSSR count). The van der Waals surface area contributed by atoms with E-state index in [1.807, 2.05) is 32.9 Å². The first-order chi connectivity index (χ1) is 14.6. The van der Waals surface area contributed by atoms with Gasteiger partial charge in [-0.1, -0.05) is 29.3 Å². The van der Waals surface area contributed by atoms with E-state index in [9.17, 15) is 14.4 Å². The monoisotopic (exact) mass is 446 g/mol. The summed E-state index contributed by atoms with van der Waals surface area (Å²) < 4.78 is 10.5. The molecule has 166 valence electrons. The number of amides is 2. The fourth-order valence-corrected chi connectivity index (χ4v) is 3.25. The van der Waals surface area contributed by atoms with E-state index < -0.39 is 24.6 Å². The molecule has 0 fully saturated rings. The summed E-state index contributed by atoms with van der Waals surface area (Å²) in [6.07, 6.45) is -0.913. The highest BCUT2D eigenvalue weighted by atomic mass is 35.5. The molecule has 0 saturated carbocycles. The predicted octanol–water partition coefficient (Wildman–Crippen LogP) is 3.64. The van der Waals surface area contributed by atoms with Crippen molar-refractivity contribution in [2.45, 2.75) is 40.7 Å². The maximum atomic E-state index is 12.1. The van der Waals surface area contributed by atoms with Crippen LogP contribution >= 0.6 is 11.6 Å². The minimum atomic E-state index is -0.913. The number of anilines is 1. The molecule has 2 aromatic rings. The number of halogens is 1. The van der Waals surface area contributed by atoms with Gasteiger partial charge in [-0.15, -0.1) is 0 Å². The zero-order valence-electron chi connectivity index (χ0n) is 18.3. The average Bonchev–Trinajstić information content (AvgIpc) is 2.69. The SMILES string of the molecule is Cc1cc(C)c(NC(=O)CNC(=O)COC(=O)C(C)Oc2ccc(Cl)cc2C)c(C)c1. The molecule has 31 heavy (non-hydrogen) atoms. The third-order valence-electron chi connectivity index (χ3n) is 4.51. The summed E-state index contributed by atoms with van der Waals surface area (Å²) in [5.74, 6) is -1.16. The summed E-state index contributed by atoms with van der Waals surface area (Å²) in [4.78, 5) is 36.2. The molecule has 7 nitrogen and oxygen atoms in total. The quantitative estimate of drug-likeness (QED) is 0.604. The zero-order valence-corrected chi connectivity index (χ0v) is 19.1. The van der Waals surface area contributed by atoms with Gasteiger partial charge in [0.2, 0.25) is 5.91 Å². The second kappa shape index (κ2) is 10.8. The van der Waals surface area contributed by atoms with Gasteiger partial charge in [0, 0.05) is 10.7 Å². The van der Waals surface area contributed by atoms with E-state index in [0.717, 1.165) is 27.9 Å². The number of hydrogen-bond acceptors (Lipinski definition) is 5. The fraction of sp³-hybridized carbons (Fsp3) is 0.348. The summed E-state index contributed by atoms with van der Waals surface area (Å²) in [6.45, 7) is 8.37. The molecule has 2 amide bonds. The molecule has 0 bridgehead atoms. The molecule has 0 aliphatic heterocycles. The first-order valence-electron chi connectivity index (χ1n) is 9.80. The van der Waals surface area contributed by atoms with Crippen molar-refractivity contribution < 1.29 is 23.9 Å². The Bertz CT molecular complexity index is 967. The van der Waals surface area contributed by atoms with Crippen molar-refractivity contribution in [1.29, 1.82) is 0 Å². The van der Waals surface area contributed by atoms with E-state index in [0.29, 0.717) is 10.8 Å².